The van der Waals surface area contributed by atoms with Crippen molar-refractivity contribution in [3.63, 3.8) is 0 Å². The van der Waals surface area contributed by atoms with E-state index < -0.39 is 0 Å². The zero-order valence-electron chi connectivity index (χ0n) is 11.3. The van der Waals surface area contributed by atoms with Crippen LogP contribution in [-0.4, -0.2) is 12.6 Å². The zero-order valence-corrected chi connectivity index (χ0v) is 11.3. The minimum Gasteiger partial charge on any atom is -0.462 e. The predicted octanol–water partition coefficient (Wildman–Crippen LogP) is 3.98. The van der Waals surface area contributed by atoms with Crippen molar-refractivity contribution >= 4 is 5.97 Å². The third-order valence-electron chi connectivity index (χ3n) is 3.84. The predicted molar refractivity (Wildman–Crippen MR) is 72.6 cm³/mol. The molecule has 2 rings (SSSR count). The molecule has 0 spiro atoms. The van der Waals surface area contributed by atoms with Gasteiger partial charge in [0.2, 0.25) is 0 Å². The molecule has 0 bridgehead atoms. The summed E-state index contributed by atoms with van der Waals surface area (Å²) in [6, 6.07) is 7.58. The van der Waals surface area contributed by atoms with Crippen LogP contribution in [-0.2, 0) is 4.74 Å². The van der Waals surface area contributed by atoms with Crippen LogP contribution in [0.5, 0.6) is 0 Å². The molecule has 0 saturated heterocycles. The van der Waals surface area contributed by atoms with Crippen LogP contribution in [0, 0.1) is 18.8 Å². The standard InChI is InChI=1S/C16H22O2/c1-12-6-8-14(9-7-12)11-18-16(17)15-5-3-4-13(2)10-15/h3-5,10,12,14H,6-9,11H2,1-2H3. The van der Waals surface area contributed by atoms with Gasteiger partial charge in [-0.3, -0.25) is 0 Å². The number of ether oxygens (including phenoxy) is 1. The number of esters is 1. The molecule has 1 aliphatic rings. The molecule has 0 radical (unpaired) electrons. The molecule has 0 amide bonds. The van der Waals surface area contributed by atoms with Crippen LogP contribution in [0.25, 0.3) is 0 Å². The van der Waals surface area contributed by atoms with Gasteiger partial charge in [-0.15, -0.1) is 0 Å². The van der Waals surface area contributed by atoms with Crippen LogP contribution in [0.1, 0.15) is 48.5 Å². The molecule has 2 heteroatoms. The fraction of sp³-hybridized carbons (Fsp3) is 0.562. The monoisotopic (exact) mass is 246 g/mol. The van der Waals surface area contributed by atoms with Crippen LogP contribution in [0.2, 0.25) is 0 Å². The van der Waals surface area contributed by atoms with Gasteiger partial charge in [0.1, 0.15) is 0 Å². The summed E-state index contributed by atoms with van der Waals surface area (Å²) in [6.07, 6.45) is 4.93. The summed E-state index contributed by atoms with van der Waals surface area (Å²) in [5, 5.41) is 0. The number of carbonyl (C=O) groups is 1. The number of rotatable bonds is 3. The van der Waals surface area contributed by atoms with Gasteiger partial charge in [-0.05, 0) is 43.7 Å². The lowest BCUT2D eigenvalue weighted by Gasteiger charge is -2.25. The highest BCUT2D eigenvalue weighted by Crippen LogP contribution is 2.28. The first-order valence-corrected chi connectivity index (χ1v) is 6.89. The maximum atomic E-state index is 11.9. The molecule has 2 nitrogen and oxygen atoms in total. The average Bonchev–Trinajstić information content (AvgIpc) is 2.38. The van der Waals surface area contributed by atoms with E-state index in [2.05, 4.69) is 6.92 Å². The Kier molecular flexibility index (Phi) is 4.40. The second kappa shape index (κ2) is 6.03. The molecule has 0 aromatic heterocycles. The highest BCUT2D eigenvalue weighted by atomic mass is 16.5. The van der Waals surface area contributed by atoms with Crippen LogP contribution >= 0.6 is 0 Å². The molecular weight excluding hydrogens is 224 g/mol. The van der Waals surface area contributed by atoms with Crippen molar-refractivity contribution in [3.05, 3.63) is 35.4 Å². The lowest BCUT2D eigenvalue weighted by Crippen LogP contribution is -2.19. The maximum Gasteiger partial charge on any atom is 0.338 e. The van der Waals surface area contributed by atoms with E-state index in [1.807, 2.05) is 31.2 Å². The zero-order chi connectivity index (χ0) is 13.0. The summed E-state index contributed by atoms with van der Waals surface area (Å²) in [5.74, 6) is 1.22. The molecule has 1 fully saturated rings. The Morgan fingerprint density at radius 2 is 2.00 bits per heavy atom. The highest BCUT2D eigenvalue weighted by molar-refractivity contribution is 5.89. The molecule has 1 saturated carbocycles. The minimum atomic E-state index is -0.183. The Bertz CT molecular complexity index is 403. The smallest absolute Gasteiger partial charge is 0.338 e. The molecule has 0 aliphatic heterocycles. The van der Waals surface area contributed by atoms with Crippen molar-refractivity contribution < 1.29 is 9.53 Å². The summed E-state index contributed by atoms with van der Waals surface area (Å²) in [6.45, 7) is 4.87. The van der Waals surface area contributed by atoms with Crippen molar-refractivity contribution in [2.45, 2.75) is 39.5 Å². The fourth-order valence-corrected chi connectivity index (χ4v) is 2.54. The Labute approximate surface area is 109 Å². The normalized spacial score (nSPS) is 23.7. The van der Waals surface area contributed by atoms with Gasteiger partial charge in [0.15, 0.2) is 0 Å². The van der Waals surface area contributed by atoms with Gasteiger partial charge < -0.3 is 4.74 Å². The Morgan fingerprint density at radius 3 is 2.67 bits per heavy atom. The summed E-state index contributed by atoms with van der Waals surface area (Å²) in [4.78, 5) is 11.9. The van der Waals surface area contributed by atoms with Crippen LogP contribution in [0.15, 0.2) is 24.3 Å². The minimum absolute atomic E-state index is 0.183. The molecule has 0 N–H and O–H groups in total. The second-order valence-electron chi connectivity index (χ2n) is 5.59. The Hall–Kier alpha value is -1.31. The summed E-state index contributed by atoms with van der Waals surface area (Å²) in [5.41, 5.74) is 1.76. The third kappa shape index (κ3) is 3.59. The van der Waals surface area contributed by atoms with Gasteiger partial charge >= 0.3 is 5.97 Å². The molecule has 1 aromatic rings. The molecule has 1 aliphatic carbocycles. The SMILES string of the molecule is Cc1cccc(C(=O)OCC2CCC(C)CC2)c1. The molecule has 0 heterocycles. The number of benzene rings is 1. The van der Waals surface area contributed by atoms with E-state index in [9.17, 15) is 4.79 Å². The quantitative estimate of drug-likeness (QED) is 0.754. The van der Waals surface area contributed by atoms with E-state index in [0.717, 1.165) is 11.5 Å². The highest BCUT2D eigenvalue weighted by Gasteiger charge is 2.19. The average molecular weight is 246 g/mol. The van der Waals surface area contributed by atoms with Crippen molar-refractivity contribution in [3.8, 4) is 0 Å². The fourth-order valence-electron chi connectivity index (χ4n) is 2.54. The van der Waals surface area contributed by atoms with Gasteiger partial charge in [0.25, 0.3) is 0 Å². The van der Waals surface area contributed by atoms with Crippen molar-refractivity contribution in [2.24, 2.45) is 11.8 Å². The Morgan fingerprint density at radius 1 is 1.28 bits per heavy atom. The first-order chi connectivity index (χ1) is 8.65. The van der Waals surface area contributed by atoms with Gasteiger partial charge in [0.05, 0.1) is 12.2 Å². The van der Waals surface area contributed by atoms with E-state index in [1.54, 1.807) is 0 Å². The molecule has 1 aromatic carbocycles. The van der Waals surface area contributed by atoms with E-state index >= 15 is 0 Å². The number of aryl methyl sites for hydroxylation is 1. The molecular formula is C16H22O2. The number of hydrogen-bond donors (Lipinski definition) is 0. The van der Waals surface area contributed by atoms with E-state index in [-0.39, 0.29) is 5.97 Å². The lowest BCUT2D eigenvalue weighted by molar-refractivity contribution is 0.0398. The van der Waals surface area contributed by atoms with Crippen LogP contribution in [0.3, 0.4) is 0 Å². The molecule has 98 valence electrons. The maximum absolute atomic E-state index is 11.9. The van der Waals surface area contributed by atoms with Crippen molar-refractivity contribution in [2.75, 3.05) is 6.61 Å². The molecule has 0 unspecified atom stereocenters. The summed E-state index contributed by atoms with van der Waals surface area (Å²) < 4.78 is 5.42. The summed E-state index contributed by atoms with van der Waals surface area (Å²) >= 11 is 0. The molecule has 18 heavy (non-hydrogen) atoms. The van der Waals surface area contributed by atoms with E-state index in [1.165, 1.54) is 25.7 Å². The molecule has 0 atom stereocenters. The van der Waals surface area contributed by atoms with Crippen LogP contribution in [0.4, 0.5) is 0 Å². The lowest BCUT2D eigenvalue weighted by atomic mass is 9.83. The van der Waals surface area contributed by atoms with Crippen LogP contribution < -0.4 is 0 Å². The van der Waals surface area contributed by atoms with Gasteiger partial charge in [-0.2, -0.15) is 0 Å². The van der Waals surface area contributed by atoms with Gasteiger partial charge in [-0.1, -0.05) is 37.5 Å². The second-order valence-corrected chi connectivity index (χ2v) is 5.59. The third-order valence-corrected chi connectivity index (χ3v) is 3.84. The van der Waals surface area contributed by atoms with Crippen molar-refractivity contribution in [1.29, 1.82) is 0 Å². The van der Waals surface area contributed by atoms with Crippen molar-refractivity contribution in [1.82, 2.24) is 0 Å². The van der Waals surface area contributed by atoms with Gasteiger partial charge in [-0.25, -0.2) is 4.79 Å². The largest absolute Gasteiger partial charge is 0.462 e. The van der Waals surface area contributed by atoms with Gasteiger partial charge in [0, 0.05) is 0 Å². The Balaban J connectivity index is 1.81. The first-order valence-electron chi connectivity index (χ1n) is 6.89. The summed E-state index contributed by atoms with van der Waals surface area (Å²) in [7, 11) is 0. The number of hydrogen-bond acceptors (Lipinski definition) is 2. The van der Waals surface area contributed by atoms with E-state index in [0.29, 0.717) is 18.1 Å². The first kappa shape index (κ1) is 13.1. The topological polar surface area (TPSA) is 26.3 Å². The number of carbonyl (C=O) groups excluding carboxylic acids is 1. The van der Waals surface area contributed by atoms with E-state index in [4.69, 9.17) is 4.74 Å².